The van der Waals surface area contributed by atoms with Gasteiger partial charge in [-0.2, -0.15) is 0 Å². The third-order valence-corrected chi connectivity index (χ3v) is 6.50. The molecule has 0 spiro atoms. The van der Waals surface area contributed by atoms with Gasteiger partial charge in [0, 0.05) is 50.9 Å². The van der Waals surface area contributed by atoms with Crippen LogP contribution in [0.4, 0.5) is 20.3 Å². The van der Waals surface area contributed by atoms with Gasteiger partial charge in [0.25, 0.3) is 0 Å². The lowest BCUT2D eigenvalue weighted by atomic mass is 10.1. The predicted molar refractivity (Wildman–Crippen MR) is 132 cm³/mol. The fourth-order valence-corrected chi connectivity index (χ4v) is 4.31. The highest BCUT2D eigenvalue weighted by Crippen LogP contribution is 2.26. The molecule has 0 atom stereocenters. The van der Waals surface area contributed by atoms with Crippen LogP contribution in [-0.4, -0.2) is 51.9 Å². The van der Waals surface area contributed by atoms with Crippen LogP contribution in [0.5, 0.6) is 0 Å². The molecular weight excluding hydrogens is 470 g/mol. The summed E-state index contributed by atoms with van der Waals surface area (Å²) >= 11 is 1.04. The molecule has 180 valence electrons. The number of pyridine rings is 1. The molecule has 0 radical (unpaired) electrons. The van der Waals surface area contributed by atoms with Crippen molar-refractivity contribution in [2.75, 3.05) is 35.8 Å². The first-order chi connectivity index (χ1) is 16.8. The second kappa shape index (κ2) is 10.7. The summed E-state index contributed by atoms with van der Waals surface area (Å²) < 4.78 is 30.2. The minimum Gasteiger partial charge on any atom is -0.352 e. The molecule has 3 aromatic rings. The first-order valence-corrected chi connectivity index (χ1v) is 11.8. The number of amides is 1. The number of hydrogen-bond acceptors (Lipinski definition) is 7. The van der Waals surface area contributed by atoms with E-state index in [1.165, 1.54) is 18.5 Å². The lowest BCUT2D eigenvalue weighted by Gasteiger charge is -2.35. The zero-order valence-corrected chi connectivity index (χ0v) is 20.4. The Morgan fingerprint density at radius 1 is 1.03 bits per heavy atom. The molecule has 2 aromatic heterocycles. The van der Waals surface area contributed by atoms with Gasteiger partial charge in [-0.3, -0.25) is 9.78 Å². The van der Waals surface area contributed by atoms with E-state index in [-0.39, 0.29) is 10.8 Å². The van der Waals surface area contributed by atoms with E-state index in [4.69, 9.17) is 0 Å². The second-order valence-electron chi connectivity index (χ2n) is 8.04. The Morgan fingerprint density at radius 2 is 1.80 bits per heavy atom. The molecule has 0 bridgehead atoms. The van der Waals surface area contributed by atoms with E-state index >= 15 is 0 Å². The van der Waals surface area contributed by atoms with Gasteiger partial charge in [0.15, 0.2) is 0 Å². The molecule has 1 aliphatic rings. The normalized spacial score (nSPS) is 13.3. The summed E-state index contributed by atoms with van der Waals surface area (Å²) in [6.45, 7) is 7.90. The lowest BCUT2D eigenvalue weighted by molar-refractivity contribution is -0.129. The molecule has 10 heteroatoms. The van der Waals surface area contributed by atoms with Crippen molar-refractivity contribution in [3.63, 3.8) is 0 Å². The maximum atomic E-state index is 14.0. The van der Waals surface area contributed by atoms with Gasteiger partial charge in [-0.25, -0.2) is 18.7 Å². The Balaban J connectivity index is 1.54. The number of hydrogen-bond donors (Lipinski definition) is 1. The molecule has 1 aliphatic heterocycles. The van der Waals surface area contributed by atoms with Crippen LogP contribution >= 0.6 is 11.9 Å². The zero-order valence-electron chi connectivity index (χ0n) is 19.6. The molecule has 1 amide bonds. The maximum Gasteiger partial charge on any atom is 0.219 e. The van der Waals surface area contributed by atoms with Gasteiger partial charge in [0.2, 0.25) is 5.91 Å². The number of carbonyl (C=O) groups excluding carboxylic acids is 1. The summed E-state index contributed by atoms with van der Waals surface area (Å²) in [5, 5.41) is 0. The molecule has 1 saturated heterocycles. The van der Waals surface area contributed by atoms with Crippen LogP contribution in [0.3, 0.4) is 0 Å². The first-order valence-electron chi connectivity index (χ1n) is 11.0. The molecule has 0 saturated carbocycles. The Bertz CT molecular complexity index is 1320. The Hall–Kier alpha value is -3.71. The quantitative estimate of drug-likeness (QED) is 0.435. The molecule has 35 heavy (non-hydrogen) atoms. The summed E-state index contributed by atoms with van der Waals surface area (Å²) in [4.78, 5) is 29.0. The largest absolute Gasteiger partial charge is 0.352 e. The minimum absolute atomic E-state index is 0.0696. The number of aromatic nitrogens is 3. The van der Waals surface area contributed by atoms with Gasteiger partial charge in [0.1, 0.15) is 23.8 Å². The van der Waals surface area contributed by atoms with E-state index in [1.54, 1.807) is 13.1 Å². The van der Waals surface area contributed by atoms with Gasteiger partial charge in [-0.1, -0.05) is 11.8 Å². The summed E-state index contributed by atoms with van der Waals surface area (Å²) in [6.07, 6.45) is 3.19. The number of benzene rings is 1. The van der Waals surface area contributed by atoms with Crippen molar-refractivity contribution >= 4 is 29.4 Å². The predicted octanol–water partition coefficient (Wildman–Crippen LogP) is 3.95. The van der Waals surface area contributed by atoms with E-state index in [0.29, 0.717) is 43.1 Å². The van der Waals surface area contributed by atoms with Crippen molar-refractivity contribution in [2.45, 2.75) is 25.7 Å². The number of nitrogens with one attached hydrogen (secondary N) is 1. The van der Waals surface area contributed by atoms with Crippen molar-refractivity contribution in [1.82, 2.24) is 19.9 Å². The third-order valence-electron chi connectivity index (χ3n) is 5.62. The van der Waals surface area contributed by atoms with Gasteiger partial charge in [-0.05, 0) is 44.0 Å². The number of halogens is 2. The number of anilines is 2. The highest BCUT2D eigenvalue weighted by Gasteiger charge is 2.22. The summed E-state index contributed by atoms with van der Waals surface area (Å²) in [5.41, 5.74) is 3.54. The van der Waals surface area contributed by atoms with Crippen LogP contribution in [0, 0.1) is 37.3 Å². The summed E-state index contributed by atoms with van der Waals surface area (Å²) in [6, 6.07) is 5.26. The standard InChI is InChI=1S/C25H24F2N6OS/c1-16-21(25(30-15-29-16)33-10-8-32(9-11-33)18(3)34)6-4-19-12-23(17(2)28-14-19)31-35-24-7-5-20(26)13-22(24)27/h5,7,12-15,31H,8-11H2,1-3H3. The van der Waals surface area contributed by atoms with Crippen LogP contribution in [0.2, 0.25) is 0 Å². The second-order valence-corrected chi connectivity index (χ2v) is 8.88. The smallest absolute Gasteiger partial charge is 0.219 e. The molecule has 1 aromatic carbocycles. The first kappa shape index (κ1) is 24.4. The average Bonchev–Trinajstić information content (AvgIpc) is 2.84. The number of nitrogens with zero attached hydrogens (tertiary/aromatic N) is 5. The Morgan fingerprint density at radius 3 is 2.51 bits per heavy atom. The van der Waals surface area contributed by atoms with Crippen molar-refractivity contribution in [2.24, 2.45) is 0 Å². The molecule has 0 unspecified atom stereocenters. The molecular formula is C25H24F2N6OS. The molecule has 1 N–H and O–H groups in total. The van der Waals surface area contributed by atoms with Crippen LogP contribution in [0.25, 0.3) is 0 Å². The van der Waals surface area contributed by atoms with Crippen molar-refractivity contribution in [3.05, 3.63) is 70.9 Å². The maximum absolute atomic E-state index is 14.0. The van der Waals surface area contributed by atoms with E-state index in [0.717, 1.165) is 35.1 Å². The van der Waals surface area contributed by atoms with Crippen LogP contribution < -0.4 is 9.62 Å². The summed E-state index contributed by atoms with van der Waals surface area (Å²) in [5.74, 6) is 5.88. The van der Waals surface area contributed by atoms with E-state index in [1.807, 2.05) is 24.8 Å². The van der Waals surface area contributed by atoms with Gasteiger partial charge in [0.05, 0.1) is 27.5 Å². The Kier molecular flexibility index (Phi) is 7.46. The molecule has 4 rings (SSSR count). The number of rotatable bonds is 4. The van der Waals surface area contributed by atoms with E-state index < -0.39 is 11.6 Å². The fraction of sp³-hybridized carbons (Fsp3) is 0.280. The SMILES string of the molecule is CC(=O)N1CCN(c2ncnc(C)c2C#Cc2cnc(C)c(NSc3ccc(F)cc3F)c2)CC1. The molecule has 7 nitrogen and oxygen atoms in total. The van der Waals surface area contributed by atoms with Crippen molar-refractivity contribution < 1.29 is 13.6 Å². The highest BCUT2D eigenvalue weighted by molar-refractivity contribution is 8.00. The monoisotopic (exact) mass is 494 g/mol. The number of carbonyl (C=O) groups is 1. The Labute approximate surface area is 207 Å². The highest BCUT2D eigenvalue weighted by atomic mass is 32.2. The molecule has 0 aliphatic carbocycles. The van der Waals surface area contributed by atoms with E-state index in [2.05, 4.69) is 36.4 Å². The van der Waals surface area contributed by atoms with Crippen LogP contribution in [-0.2, 0) is 4.79 Å². The summed E-state index contributed by atoms with van der Waals surface area (Å²) in [7, 11) is 0. The lowest BCUT2D eigenvalue weighted by Crippen LogP contribution is -2.48. The van der Waals surface area contributed by atoms with Crippen molar-refractivity contribution in [3.8, 4) is 11.8 Å². The van der Waals surface area contributed by atoms with Gasteiger partial charge >= 0.3 is 0 Å². The van der Waals surface area contributed by atoms with E-state index in [9.17, 15) is 13.6 Å². The fourth-order valence-electron chi connectivity index (χ4n) is 3.59. The number of piperazine rings is 1. The topological polar surface area (TPSA) is 74.2 Å². The van der Waals surface area contributed by atoms with Crippen LogP contribution in [0.15, 0.2) is 41.7 Å². The third kappa shape index (κ3) is 5.87. The minimum atomic E-state index is -0.639. The van der Waals surface area contributed by atoms with Gasteiger partial charge in [-0.15, -0.1) is 0 Å². The van der Waals surface area contributed by atoms with Gasteiger partial charge < -0.3 is 14.5 Å². The molecule has 1 fully saturated rings. The van der Waals surface area contributed by atoms with Crippen LogP contribution in [0.1, 0.15) is 29.4 Å². The van der Waals surface area contributed by atoms with Crippen molar-refractivity contribution in [1.29, 1.82) is 0 Å². The zero-order chi connectivity index (χ0) is 24.9. The molecule has 3 heterocycles. The average molecular weight is 495 g/mol. The number of aryl methyl sites for hydroxylation is 2.